The number of benzene rings is 1. The van der Waals surface area contributed by atoms with Gasteiger partial charge in [0.05, 0.1) is 16.4 Å². The summed E-state index contributed by atoms with van der Waals surface area (Å²) in [4.78, 5) is 39.9. The van der Waals surface area contributed by atoms with Gasteiger partial charge in [-0.3, -0.25) is 9.36 Å². The van der Waals surface area contributed by atoms with Crippen LogP contribution in [-0.4, -0.2) is 57.3 Å². The summed E-state index contributed by atoms with van der Waals surface area (Å²) in [5.74, 6) is -0.408. The molecule has 0 saturated carbocycles. The second-order valence-corrected chi connectivity index (χ2v) is 9.27. The van der Waals surface area contributed by atoms with Crippen LogP contribution in [0.15, 0.2) is 29.1 Å². The molecule has 8 nitrogen and oxygen atoms in total. The molecule has 0 bridgehead atoms. The Morgan fingerprint density at radius 2 is 1.72 bits per heavy atom. The maximum atomic E-state index is 12.9. The van der Waals surface area contributed by atoms with Gasteiger partial charge in [-0.1, -0.05) is 26.0 Å². The van der Waals surface area contributed by atoms with Gasteiger partial charge in [0.1, 0.15) is 0 Å². The third kappa shape index (κ3) is 4.60. The molecule has 1 aromatic heterocycles. The van der Waals surface area contributed by atoms with Gasteiger partial charge in [0.25, 0.3) is 0 Å². The lowest BCUT2D eigenvalue weighted by atomic mass is 9.81. The van der Waals surface area contributed by atoms with E-state index < -0.39 is 17.4 Å². The normalized spacial score (nSPS) is 16.0. The van der Waals surface area contributed by atoms with E-state index in [1.54, 1.807) is 10.6 Å². The Labute approximate surface area is 189 Å². The zero-order valence-corrected chi connectivity index (χ0v) is 19.6. The Morgan fingerprint density at radius 1 is 1.12 bits per heavy atom. The Hall–Kier alpha value is -2.61. The van der Waals surface area contributed by atoms with Crippen molar-refractivity contribution < 1.29 is 14.7 Å². The number of rotatable bonds is 8. The van der Waals surface area contributed by atoms with E-state index in [0.29, 0.717) is 37.4 Å². The van der Waals surface area contributed by atoms with Crippen LogP contribution in [0.3, 0.4) is 0 Å². The fraction of sp³-hybridized carbons (Fsp3) is 0.625. The fourth-order valence-electron chi connectivity index (χ4n) is 4.80. The predicted octanol–water partition coefficient (Wildman–Crippen LogP) is 3.54. The lowest BCUT2D eigenvalue weighted by Gasteiger charge is -2.38. The molecule has 1 saturated heterocycles. The van der Waals surface area contributed by atoms with E-state index in [1.165, 1.54) is 4.57 Å². The molecular weight excluding hydrogens is 408 g/mol. The molecule has 0 atom stereocenters. The van der Waals surface area contributed by atoms with Gasteiger partial charge in [-0.15, -0.1) is 0 Å². The number of amides is 1. The quantitative estimate of drug-likeness (QED) is 0.649. The number of nitrogens with one attached hydrogen (secondary N) is 1. The number of aliphatic carboxylic acids is 1. The summed E-state index contributed by atoms with van der Waals surface area (Å²) >= 11 is 0. The first-order valence-electron chi connectivity index (χ1n) is 11.7. The molecule has 1 aliphatic rings. The third-order valence-electron chi connectivity index (χ3n) is 7.08. The molecule has 1 amide bonds. The molecule has 1 aliphatic heterocycles. The summed E-state index contributed by atoms with van der Waals surface area (Å²) in [6.45, 7) is 10.5. The van der Waals surface area contributed by atoms with E-state index in [0.717, 1.165) is 31.4 Å². The summed E-state index contributed by atoms with van der Waals surface area (Å²) in [5.41, 5.74) is 0.359. The van der Waals surface area contributed by atoms with Crippen molar-refractivity contribution in [3.63, 3.8) is 0 Å². The molecule has 2 aromatic rings. The molecule has 2 N–H and O–H groups in total. The Morgan fingerprint density at radius 3 is 2.25 bits per heavy atom. The van der Waals surface area contributed by atoms with Crippen molar-refractivity contribution in [3.8, 4) is 0 Å². The van der Waals surface area contributed by atoms with Crippen molar-refractivity contribution in [3.05, 3.63) is 34.7 Å². The van der Waals surface area contributed by atoms with Gasteiger partial charge in [-0.2, -0.15) is 0 Å². The molecule has 1 fully saturated rings. The number of imidazole rings is 1. The molecule has 176 valence electrons. The summed E-state index contributed by atoms with van der Waals surface area (Å²) < 4.78 is 2.87. The van der Waals surface area contributed by atoms with Crippen LogP contribution in [0.5, 0.6) is 0 Å². The largest absolute Gasteiger partial charge is 0.481 e. The Balaban J connectivity index is 1.61. The number of likely N-dealkylation sites (tertiary alicyclic amines) is 1. The van der Waals surface area contributed by atoms with E-state index in [9.17, 15) is 19.5 Å². The molecule has 3 rings (SSSR count). The van der Waals surface area contributed by atoms with Crippen molar-refractivity contribution in [1.29, 1.82) is 0 Å². The SMILES string of the molecule is CCC(CC)(CN1CCC(CNC(=O)n2c(=O)n(C(C)C)c3ccccc32)CC1)C(=O)O. The molecular formula is C24H36N4O4. The lowest BCUT2D eigenvalue weighted by molar-refractivity contribution is -0.151. The minimum Gasteiger partial charge on any atom is -0.481 e. The number of carbonyl (C=O) groups is 2. The summed E-state index contributed by atoms with van der Waals surface area (Å²) in [6, 6.07) is 6.91. The van der Waals surface area contributed by atoms with E-state index in [1.807, 2.05) is 45.9 Å². The molecule has 8 heteroatoms. The highest BCUT2D eigenvalue weighted by molar-refractivity contribution is 5.89. The van der Waals surface area contributed by atoms with Crippen LogP contribution in [0.2, 0.25) is 0 Å². The first-order chi connectivity index (χ1) is 15.2. The molecule has 1 aromatic carbocycles. The minimum atomic E-state index is -0.720. The monoisotopic (exact) mass is 444 g/mol. The number of carboxylic acid groups (broad SMARTS) is 1. The predicted molar refractivity (Wildman–Crippen MR) is 125 cm³/mol. The standard InChI is InChI=1S/C24H36N4O4/c1-5-24(6-2,21(29)30)16-26-13-11-18(12-14-26)15-25-22(31)28-20-10-8-7-9-19(20)27(17(3)4)23(28)32/h7-10,17-18H,5-6,11-16H2,1-4H3,(H,25,31)(H,29,30). The maximum Gasteiger partial charge on any atom is 0.337 e. The van der Waals surface area contributed by atoms with Crippen molar-refractivity contribution in [2.24, 2.45) is 11.3 Å². The smallest absolute Gasteiger partial charge is 0.337 e. The zero-order chi connectivity index (χ0) is 23.5. The van der Waals surface area contributed by atoms with Gasteiger partial charge in [0.15, 0.2) is 0 Å². The van der Waals surface area contributed by atoms with Crippen molar-refractivity contribution in [2.45, 2.75) is 59.4 Å². The average molecular weight is 445 g/mol. The van der Waals surface area contributed by atoms with Gasteiger partial charge >= 0.3 is 17.7 Å². The molecule has 0 spiro atoms. The summed E-state index contributed by atoms with van der Waals surface area (Å²) in [5, 5.41) is 12.6. The lowest BCUT2D eigenvalue weighted by Crippen LogP contribution is -2.47. The fourth-order valence-corrected chi connectivity index (χ4v) is 4.80. The van der Waals surface area contributed by atoms with Crippen LogP contribution >= 0.6 is 0 Å². The maximum absolute atomic E-state index is 12.9. The van der Waals surface area contributed by atoms with E-state index >= 15 is 0 Å². The summed E-state index contributed by atoms with van der Waals surface area (Å²) in [6.07, 6.45) is 3.03. The average Bonchev–Trinajstić information content (AvgIpc) is 3.08. The van der Waals surface area contributed by atoms with Gasteiger partial charge < -0.3 is 15.3 Å². The number of para-hydroxylation sites is 2. The number of piperidine rings is 1. The topological polar surface area (TPSA) is 96.6 Å². The van der Waals surface area contributed by atoms with Crippen LogP contribution in [0.25, 0.3) is 11.0 Å². The highest BCUT2D eigenvalue weighted by Crippen LogP contribution is 2.30. The van der Waals surface area contributed by atoms with Gasteiger partial charge in [0, 0.05) is 19.1 Å². The van der Waals surface area contributed by atoms with Crippen molar-refractivity contribution >= 4 is 23.0 Å². The van der Waals surface area contributed by atoms with E-state index in [2.05, 4.69) is 10.2 Å². The van der Waals surface area contributed by atoms with Crippen LogP contribution < -0.4 is 11.0 Å². The van der Waals surface area contributed by atoms with E-state index in [-0.39, 0.29) is 11.7 Å². The Bertz CT molecular complexity index is 1010. The third-order valence-corrected chi connectivity index (χ3v) is 7.08. The van der Waals surface area contributed by atoms with Crippen LogP contribution in [0.1, 0.15) is 59.4 Å². The number of carbonyl (C=O) groups excluding carboxylic acids is 1. The molecule has 2 heterocycles. The number of fused-ring (bicyclic) bond motifs is 1. The van der Waals surface area contributed by atoms with Gasteiger partial charge in [-0.05, 0) is 70.7 Å². The highest BCUT2D eigenvalue weighted by atomic mass is 16.4. The van der Waals surface area contributed by atoms with Gasteiger partial charge in [0.2, 0.25) is 0 Å². The number of hydrogen-bond acceptors (Lipinski definition) is 4. The van der Waals surface area contributed by atoms with E-state index in [4.69, 9.17) is 0 Å². The second-order valence-electron chi connectivity index (χ2n) is 9.27. The molecule has 0 aliphatic carbocycles. The second kappa shape index (κ2) is 9.90. The molecule has 32 heavy (non-hydrogen) atoms. The first kappa shape index (κ1) is 24.0. The summed E-state index contributed by atoms with van der Waals surface area (Å²) in [7, 11) is 0. The molecule has 0 unspecified atom stereocenters. The highest BCUT2D eigenvalue weighted by Gasteiger charge is 2.37. The minimum absolute atomic E-state index is 0.0464. The Kier molecular flexibility index (Phi) is 7.44. The number of aromatic nitrogens is 2. The number of nitrogens with zero attached hydrogens (tertiary/aromatic N) is 3. The van der Waals surface area contributed by atoms with Crippen LogP contribution in [0, 0.1) is 11.3 Å². The first-order valence-corrected chi connectivity index (χ1v) is 11.7. The van der Waals surface area contributed by atoms with Crippen LogP contribution in [-0.2, 0) is 4.79 Å². The molecule has 0 radical (unpaired) electrons. The number of hydrogen-bond donors (Lipinski definition) is 2. The van der Waals surface area contributed by atoms with Gasteiger partial charge in [-0.25, -0.2) is 14.2 Å². The number of carboxylic acids is 1. The van der Waals surface area contributed by atoms with Crippen molar-refractivity contribution in [2.75, 3.05) is 26.2 Å². The van der Waals surface area contributed by atoms with Crippen LogP contribution in [0.4, 0.5) is 4.79 Å². The zero-order valence-electron chi connectivity index (χ0n) is 19.6. The van der Waals surface area contributed by atoms with Crippen molar-refractivity contribution in [1.82, 2.24) is 19.4 Å².